The van der Waals surface area contributed by atoms with Crippen molar-refractivity contribution in [2.75, 3.05) is 27.9 Å². The molecule has 2 saturated heterocycles. The van der Waals surface area contributed by atoms with Gasteiger partial charge in [-0.05, 0) is 126 Å². The molecule has 0 aromatic rings. The number of hydrogen-bond acceptors (Lipinski definition) is 10. The Kier molecular flexibility index (Phi) is 21.4. The van der Waals surface area contributed by atoms with Crippen molar-refractivity contribution in [2.24, 2.45) is 53.3 Å². The summed E-state index contributed by atoms with van der Waals surface area (Å²) in [5.41, 5.74) is 2.01. The van der Waals surface area contributed by atoms with Gasteiger partial charge in [-0.25, -0.2) is 4.79 Å². The van der Waals surface area contributed by atoms with Crippen LogP contribution in [0.15, 0.2) is 47.6 Å². The van der Waals surface area contributed by atoms with Crippen molar-refractivity contribution in [3.8, 4) is 0 Å². The Bertz CT molecular complexity index is 1700. The van der Waals surface area contributed by atoms with E-state index in [1.165, 1.54) is 4.90 Å². The van der Waals surface area contributed by atoms with Crippen LogP contribution >= 0.6 is 0 Å². The molecule has 1 saturated carbocycles. The SMILES string of the molecule is CO[C@H]1CC2CC[C@@H](C)[C@@](O)(O2)C(=O)C(=O)N2CCCC[C@H]2C(=O)O[C@H]([C@@H](C)C[C@@H]2CC[C@@H](C)[C@H](OC)C2)C[C@H](C)[C@H](C)/C=C(\C)[C@@H](C)[C@@H](OC)C(=O)[C@H](C)C[C@H](C)/C=C/C=C/C=C/1C. The highest BCUT2D eigenvalue weighted by Crippen LogP contribution is 2.39. The molecule has 3 heterocycles. The number of amides is 1. The van der Waals surface area contributed by atoms with Gasteiger partial charge in [0.15, 0.2) is 5.78 Å². The highest BCUT2D eigenvalue weighted by Gasteiger charge is 2.53. The number of carbonyl (C=O) groups is 4. The number of aliphatic hydroxyl groups is 1. The molecule has 1 aliphatic carbocycles. The quantitative estimate of drug-likeness (QED) is 0.156. The second-order valence-electron chi connectivity index (χ2n) is 21.0. The number of rotatable bonds is 6. The minimum atomic E-state index is -2.35. The minimum absolute atomic E-state index is 0.0149. The molecule has 0 spiro atoms. The average Bonchev–Trinajstić information content (AvgIpc) is 3.28. The van der Waals surface area contributed by atoms with Crippen molar-refractivity contribution >= 4 is 23.4 Å². The third-order valence-electron chi connectivity index (χ3n) is 15.9. The number of Topliss-reactive ketones (excluding diaryl/α,β-unsaturated/α-hetero) is 2. The molecule has 3 aliphatic heterocycles. The minimum Gasteiger partial charge on any atom is -0.461 e. The number of hydrogen-bond donors (Lipinski definition) is 1. The van der Waals surface area contributed by atoms with Gasteiger partial charge in [-0.15, -0.1) is 0 Å². The van der Waals surface area contributed by atoms with Crippen molar-refractivity contribution < 1.29 is 48.0 Å². The first-order valence-corrected chi connectivity index (χ1v) is 25.0. The lowest BCUT2D eigenvalue weighted by molar-refractivity contribution is -0.265. The molecule has 368 valence electrons. The summed E-state index contributed by atoms with van der Waals surface area (Å²) >= 11 is 0. The third-order valence-corrected chi connectivity index (χ3v) is 15.9. The van der Waals surface area contributed by atoms with Crippen molar-refractivity contribution in [2.45, 2.75) is 189 Å². The van der Waals surface area contributed by atoms with Crippen LogP contribution in [0.2, 0.25) is 0 Å². The van der Waals surface area contributed by atoms with Crippen molar-refractivity contribution in [1.29, 1.82) is 0 Å². The number of ketones is 2. The second-order valence-corrected chi connectivity index (χ2v) is 21.0. The summed E-state index contributed by atoms with van der Waals surface area (Å²) in [6.07, 6.45) is 18.8. The number of esters is 1. The fourth-order valence-electron chi connectivity index (χ4n) is 10.9. The zero-order valence-corrected chi connectivity index (χ0v) is 42.4. The van der Waals surface area contributed by atoms with Gasteiger partial charge in [0.2, 0.25) is 5.79 Å². The molecular weight excluding hydrogens is 823 g/mol. The van der Waals surface area contributed by atoms with E-state index in [1.54, 1.807) is 28.3 Å². The second kappa shape index (κ2) is 25.4. The number of fused-ring (bicyclic) bond motifs is 3. The van der Waals surface area contributed by atoms with Crippen LogP contribution in [0.4, 0.5) is 0 Å². The molecule has 0 aromatic carbocycles. The Morgan fingerprint density at radius 1 is 0.800 bits per heavy atom. The van der Waals surface area contributed by atoms with Crippen molar-refractivity contribution in [3.63, 3.8) is 0 Å². The van der Waals surface area contributed by atoms with Crippen molar-refractivity contribution in [1.82, 2.24) is 4.90 Å². The summed E-state index contributed by atoms with van der Waals surface area (Å²) in [6.45, 7) is 20.9. The third kappa shape index (κ3) is 14.5. The summed E-state index contributed by atoms with van der Waals surface area (Å²) in [7, 11) is 5.03. The maximum atomic E-state index is 14.5. The molecule has 65 heavy (non-hydrogen) atoms. The van der Waals surface area contributed by atoms with Crippen LogP contribution in [0.25, 0.3) is 0 Å². The molecule has 0 aromatic heterocycles. The number of carbonyl (C=O) groups excluding carboxylic acids is 4. The molecule has 11 nitrogen and oxygen atoms in total. The van der Waals surface area contributed by atoms with E-state index in [1.807, 2.05) is 38.2 Å². The Hall–Kier alpha value is -2.96. The van der Waals surface area contributed by atoms with E-state index in [2.05, 4.69) is 60.6 Å². The summed E-state index contributed by atoms with van der Waals surface area (Å²) < 4.78 is 30.5. The average molecular weight is 910 g/mol. The number of methoxy groups -OCH3 is 3. The maximum Gasteiger partial charge on any atom is 0.329 e. The molecule has 11 heteroatoms. The van der Waals surface area contributed by atoms with Gasteiger partial charge in [0, 0.05) is 52.0 Å². The van der Waals surface area contributed by atoms with Gasteiger partial charge in [0.05, 0.1) is 18.3 Å². The first-order valence-electron chi connectivity index (χ1n) is 25.0. The summed E-state index contributed by atoms with van der Waals surface area (Å²) in [4.78, 5) is 58.4. The number of nitrogens with zero attached hydrogens (tertiary/aromatic N) is 1. The van der Waals surface area contributed by atoms with Crippen LogP contribution in [0.3, 0.4) is 0 Å². The van der Waals surface area contributed by atoms with Crippen LogP contribution in [0, 0.1) is 53.3 Å². The Balaban J connectivity index is 1.70. The van der Waals surface area contributed by atoms with Gasteiger partial charge in [-0.1, -0.05) is 97.4 Å². The molecule has 16 atom stereocenters. The number of cyclic esters (lactones) is 1. The van der Waals surface area contributed by atoms with Crippen molar-refractivity contribution in [3.05, 3.63) is 47.6 Å². The van der Waals surface area contributed by atoms with Gasteiger partial charge in [0.25, 0.3) is 11.7 Å². The zero-order chi connectivity index (χ0) is 48.2. The Morgan fingerprint density at radius 2 is 1.52 bits per heavy atom. The molecular formula is C54H87NO10. The lowest BCUT2D eigenvalue weighted by atomic mass is 9.75. The number of ether oxygens (including phenoxy) is 5. The highest BCUT2D eigenvalue weighted by atomic mass is 16.6. The van der Waals surface area contributed by atoms with E-state index in [0.29, 0.717) is 63.2 Å². The van der Waals surface area contributed by atoms with E-state index in [-0.39, 0.29) is 60.0 Å². The lowest BCUT2D eigenvalue weighted by Gasteiger charge is -2.43. The Labute approximate surface area is 392 Å². The number of allylic oxidation sites excluding steroid dienone is 6. The fraction of sp³-hybridized carbons (Fsp3) is 0.778. The molecule has 1 amide bonds. The van der Waals surface area contributed by atoms with Gasteiger partial charge in [-0.2, -0.15) is 0 Å². The molecule has 0 radical (unpaired) electrons. The normalized spacial score (nSPS) is 41.5. The first kappa shape index (κ1) is 54.6. The molecule has 4 rings (SSSR count). The predicted molar refractivity (Wildman–Crippen MR) is 256 cm³/mol. The van der Waals surface area contributed by atoms with E-state index >= 15 is 0 Å². The van der Waals surface area contributed by atoms with Gasteiger partial charge < -0.3 is 33.7 Å². The van der Waals surface area contributed by atoms with Gasteiger partial charge in [0.1, 0.15) is 18.2 Å². The summed E-state index contributed by atoms with van der Waals surface area (Å²) in [5.74, 6) is -4.44. The predicted octanol–water partition coefficient (Wildman–Crippen LogP) is 9.80. The van der Waals surface area contributed by atoms with Crippen LogP contribution in [-0.2, 0) is 42.9 Å². The van der Waals surface area contributed by atoms with E-state index < -0.39 is 53.7 Å². The molecule has 2 bridgehead atoms. The number of piperidine rings is 1. The summed E-state index contributed by atoms with van der Waals surface area (Å²) in [6, 6.07) is -0.962. The zero-order valence-electron chi connectivity index (χ0n) is 42.4. The van der Waals surface area contributed by atoms with E-state index in [0.717, 1.165) is 36.8 Å². The monoisotopic (exact) mass is 910 g/mol. The molecule has 3 fully saturated rings. The molecule has 1 unspecified atom stereocenters. The van der Waals surface area contributed by atoms with Gasteiger partial charge in [-0.3, -0.25) is 14.4 Å². The highest BCUT2D eigenvalue weighted by molar-refractivity contribution is 6.39. The summed E-state index contributed by atoms with van der Waals surface area (Å²) in [5, 5.41) is 12.0. The first-order chi connectivity index (χ1) is 30.7. The van der Waals surface area contributed by atoms with Crippen LogP contribution in [-0.4, -0.2) is 104 Å². The smallest absolute Gasteiger partial charge is 0.329 e. The van der Waals surface area contributed by atoms with Crippen LogP contribution in [0.1, 0.15) is 146 Å². The maximum absolute atomic E-state index is 14.5. The van der Waals surface area contributed by atoms with E-state index in [9.17, 15) is 24.3 Å². The van der Waals surface area contributed by atoms with Crippen LogP contribution < -0.4 is 0 Å². The van der Waals surface area contributed by atoms with Crippen LogP contribution in [0.5, 0.6) is 0 Å². The lowest BCUT2D eigenvalue weighted by Crippen LogP contribution is -2.61. The Morgan fingerprint density at radius 3 is 2.20 bits per heavy atom. The van der Waals surface area contributed by atoms with E-state index in [4.69, 9.17) is 23.7 Å². The molecule has 4 aliphatic rings. The fourth-order valence-corrected chi connectivity index (χ4v) is 10.9. The topological polar surface area (TPSA) is 138 Å². The standard InChI is InChI=1S/C54H87NO10/c1-33-19-15-14-16-20-34(2)47(62-12)32-44-25-23-41(9)54(60,65-44)51(57)52(58)55-26-18-17-21-45(55)53(59)64-48(39(7)29-43-24-22-35(3)46(31-43)61-11)30-37(5)36(4)28-38(6)42(10)50(63-13)49(56)40(8)27-33/h14-16,19-20,28,33,35-37,39-48,50,60H,17-18,21-27,29-32H2,1-13H3/b16-14+,19-15+,34-20+,38-28+/t33-,35-,36-,37+,39+,40-,41-,42-,43+,44?,45+,46-,47+,48+,50-,54-/m1/s1. The molecule has 1 N–H and O–H groups in total. The largest absolute Gasteiger partial charge is 0.461 e. The van der Waals surface area contributed by atoms with Gasteiger partial charge >= 0.3 is 5.97 Å².